The molecule has 4 aromatic heterocycles. The Morgan fingerprint density at radius 1 is 1.00 bits per heavy atom. The second kappa shape index (κ2) is 9.84. The van der Waals surface area contributed by atoms with E-state index in [4.69, 9.17) is 10.1 Å². The van der Waals surface area contributed by atoms with Gasteiger partial charge < -0.3 is 15.2 Å². The lowest BCUT2D eigenvalue weighted by atomic mass is 9.79. The number of hydrogen-bond acceptors (Lipinski definition) is 6. The molecule has 0 bridgehead atoms. The molecular formula is C30H30F2N8O. The third-order valence-corrected chi connectivity index (χ3v) is 7.27. The number of halogens is 2. The Kier molecular flexibility index (Phi) is 6.41. The second-order valence-corrected chi connectivity index (χ2v) is 11.8. The molecule has 1 saturated heterocycles. The smallest absolute Gasteiger partial charge is 0.257 e. The van der Waals surface area contributed by atoms with Crippen LogP contribution in [0.15, 0.2) is 67.3 Å². The number of aromatic nitrogens is 6. The summed E-state index contributed by atoms with van der Waals surface area (Å²) >= 11 is 0. The summed E-state index contributed by atoms with van der Waals surface area (Å²) in [6.07, 6.45) is 6.43. The molecule has 0 unspecified atom stereocenters. The van der Waals surface area contributed by atoms with Gasteiger partial charge in [-0.15, -0.1) is 0 Å². The van der Waals surface area contributed by atoms with Crippen molar-refractivity contribution in [3.63, 3.8) is 0 Å². The van der Waals surface area contributed by atoms with Gasteiger partial charge in [0.15, 0.2) is 11.5 Å². The van der Waals surface area contributed by atoms with Gasteiger partial charge >= 0.3 is 0 Å². The summed E-state index contributed by atoms with van der Waals surface area (Å²) in [4.78, 5) is 25.4. The Balaban J connectivity index is 1.41. The summed E-state index contributed by atoms with van der Waals surface area (Å²) in [6.45, 7) is 8.80. The molecule has 0 radical (unpaired) electrons. The lowest BCUT2D eigenvalue weighted by Crippen LogP contribution is -2.57. The van der Waals surface area contributed by atoms with E-state index in [0.29, 0.717) is 17.0 Å². The van der Waals surface area contributed by atoms with Gasteiger partial charge in [0.2, 0.25) is 5.95 Å². The summed E-state index contributed by atoms with van der Waals surface area (Å²) in [5, 5.41) is 11.3. The normalized spacial score (nSPS) is 16.6. The van der Waals surface area contributed by atoms with Gasteiger partial charge in [0.25, 0.3) is 5.91 Å². The van der Waals surface area contributed by atoms with E-state index >= 15 is 0 Å². The molecule has 2 N–H and O–H groups in total. The van der Waals surface area contributed by atoms with E-state index < -0.39 is 11.9 Å². The van der Waals surface area contributed by atoms with E-state index in [1.165, 1.54) is 24.4 Å². The van der Waals surface area contributed by atoms with Crippen LogP contribution in [-0.4, -0.2) is 46.1 Å². The minimum atomic E-state index is -0.743. The van der Waals surface area contributed by atoms with Crippen molar-refractivity contribution in [2.75, 3.05) is 5.32 Å². The molecule has 5 aromatic rings. The summed E-state index contributed by atoms with van der Waals surface area (Å²) in [7, 11) is 0. The number of pyridine rings is 1. The van der Waals surface area contributed by atoms with Crippen molar-refractivity contribution in [1.29, 1.82) is 0 Å². The predicted octanol–water partition coefficient (Wildman–Crippen LogP) is 5.67. The third-order valence-electron chi connectivity index (χ3n) is 7.27. The molecule has 210 valence electrons. The highest BCUT2D eigenvalue weighted by molar-refractivity contribution is 6.03. The maximum Gasteiger partial charge on any atom is 0.257 e. The van der Waals surface area contributed by atoms with Crippen LogP contribution in [0, 0.1) is 11.8 Å². The van der Waals surface area contributed by atoms with Gasteiger partial charge in [0.1, 0.15) is 11.5 Å². The number of nitrogens with zero attached hydrogens (tertiary/aromatic N) is 6. The van der Waals surface area contributed by atoms with Crippen LogP contribution in [0.5, 0.6) is 0 Å². The van der Waals surface area contributed by atoms with E-state index in [9.17, 15) is 13.6 Å². The molecule has 1 aromatic carbocycles. The minimum Gasteiger partial charge on any atom is -0.325 e. The van der Waals surface area contributed by atoms with Crippen LogP contribution in [0.1, 0.15) is 56.9 Å². The van der Waals surface area contributed by atoms with Gasteiger partial charge in [0, 0.05) is 40.5 Å². The number of imidazole rings is 2. The number of nitrogens with one attached hydrogen (secondary N) is 2. The zero-order valence-electron chi connectivity index (χ0n) is 23.2. The van der Waals surface area contributed by atoms with Crippen LogP contribution in [0.25, 0.3) is 28.3 Å². The Bertz CT molecular complexity index is 1740. The molecule has 6 rings (SSSR count). The van der Waals surface area contributed by atoms with Gasteiger partial charge in [0.05, 0.1) is 23.9 Å². The lowest BCUT2D eigenvalue weighted by molar-refractivity contribution is 0.102. The first kappa shape index (κ1) is 26.7. The first-order valence-corrected chi connectivity index (χ1v) is 13.4. The Hall–Kier alpha value is -4.51. The lowest BCUT2D eigenvalue weighted by Gasteiger charge is -2.47. The number of amides is 1. The Labute approximate surface area is 235 Å². The average molecular weight is 557 g/mol. The highest BCUT2D eigenvalue weighted by atomic mass is 19.1. The number of hydrogen-bond donors (Lipinski definition) is 2. The molecule has 1 aliphatic heterocycles. The van der Waals surface area contributed by atoms with Gasteiger partial charge in [-0.05, 0) is 83.0 Å². The fourth-order valence-electron chi connectivity index (χ4n) is 5.98. The molecule has 1 aliphatic rings. The van der Waals surface area contributed by atoms with Crippen LogP contribution in [0.2, 0.25) is 0 Å². The van der Waals surface area contributed by atoms with Crippen molar-refractivity contribution in [3.05, 3.63) is 84.6 Å². The molecule has 0 saturated carbocycles. The standard InChI is InChI=1S/C30H30F2N8O/c1-29(2)14-21(15-30(3,4)38-29)39-17-34-26(18-5-7-20(31)8-6-18)27(39)22-9-10-25-35-24(16-40(25)37-22)36-28(41)19-11-12-33-23(32)13-19/h5-13,16-17,21,38H,14-15H2,1-4H3,(H,36,41). The maximum atomic E-state index is 13.8. The molecular weight excluding hydrogens is 526 g/mol. The van der Waals surface area contributed by atoms with Crippen LogP contribution in [0.4, 0.5) is 14.6 Å². The first-order valence-electron chi connectivity index (χ1n) is 13.4. The summed E-state index contributed by atoms with van der Waals surface area (Å²) in [5.74, 6) is -1.31. The monoisotopic (exact) mass is 556 g/mol. The van der Waals surface area contributed by atoms with Crippen molar-refractivity contribution in [2.45, 2.75) is 57.7 Å². The molecule has 0 atom stereocenters. The predicted molar refractivity (Wildman–Crippen MR) is 151 cm³/mol. The van der Waals surface area contributed by atoms with E-state index in [-0.39, 0.29) is 34.3 Å². The number of carbonyl (C=O) groups is 1. The second-order valence-electron chi connectivity index (χ2n) is 11.8. The topological polar surface area (TPSA) is 102 Å². The van der Waals surface area contributed by atoms with E-state index in [2.05, 4.69) is 52.9 Å². The number of rotatable bonds is 5. The Morgan fingerprint density at radius 2 is 1.73 bits per heavy atom. The zero-order valence-corrected chi connectivity index (χ0v) is 23.2. The molecule has 1 fully saturated rings. The third kappa shape index (κ3) is 5.45. The van der Waals surface area contributed by atoms with Crippen molar-refractivity contribution in [2.24, 2.45) is 0 Å². The van der Waals surface area contributed by atoms with Gasteiger partial charge in [-0.25, -0.2) is 23.9 Å². The van der Waals surface area contributed by atoms with Crippen molar-refractivity contribution in [3.8, 4) is 22.6 Å². The number of piperidine rings is 1. The fourth-order valence-corrected chi connectivity index (χ4v) is 5.98. The van der Waals surface area contributed by atoms with Crippen molar-refractivity contribution >= 4 is 17.4 Å². The fraction of sp³-hybridized carbons (Fsp3) is 0.300. The molecule has 0 spiro atoms. The first-order chi connectivity index (χ1) is 19.5. The molecule has 5 heterocycles. The van der Waals surface area contributed by atoms with E-state index in [1.54, 1.807) is 22.8 Å². The SMILES string of the molecule is CC1(C)CC(n2cnc(-c3ccc(F)cc3)c2-c2ccc3nc(NC(=O)c4ccnc(F)c4)cn3n2)CC(C)(C)N1. The number of anilines is 1. The van der Waals surface area contributed by atoms with Crippen molar-refractivity contribution in [1.82, 2.24) is 34.4 Å². The quantitative estimate of drug-likeness (QED) is 0.271. The summed E-state index contributed by atoms with van der Waals surface area (Å²) in [6, 6.07) is 12.6. The zero-order chi connectivity index (χ0) is 28.9. The summed E-state index contributed by atoms with van der Waals surface area (Å²) in [5.41, 5.74) is 3.37. The molecule has 9 nitrogen and oxygen atoms in total. The van der Waals surface area contributed by atoms with Gasteiger partial charge in [-0.2, -0.15) is 9.49 Å². The number of benzene rings is 1. The number of carbonyl (C=O) groups excluding carboxylic acids is 1. The molecule has 11 heteroatoms. The Morgan fingerprint density at radius 3 is 2.44 bits per heavy atom. The van der Waals surface area contributed by atoms with Gasteiger partial charge in [-0.3, -0.25) is 4.79 Å². The van der Waals surface area contributed by atoms with Gasteiger partial charge in [-0.1, -0.05) is 0 Å². The molecule has 0 aliphatic carbocycles. The maximum absolute atomic E-state index is 13.8. The van der Waals surface area contributed by atoms with Crippen LogP contribution in [0.3, 0.4) is 0 Å². The van der Waals surface area contributed by atoms with E-state index in [0.717, 1.165) is 30.2 Å². The van der Waals surface area contributed by atoms with Crippen LogP contribution < -0.4 is 10.6 Å². The minimum absolute atomic E-state index is 0.101. The summed E-state index contributed by atoms with van der Waals surface area (Å²) < 4.78 is 31.0. The number of fused-ring (bicyclic) bond motifs is 1. The highest BCUT2D eigenvalue weighted by Gasteiger charge is 2.39. The largest absolute Gasteiger partial charge is 0.325 e. The highest BCUT2D eigenvalue weighted by Crippen LogP contribution is 2.40. The van der Waals surface area contributed by atoms with E-state index in [1.807, 2.05) is 18.5 Å². The average Bonchev–Trinajstić information content (AvgIpc) is 3.51. The molecule has 1 amide bonds. The van der Waals surface area contributed by atoms with Crippen molar-refractivity contribution < 1.29 is 13.6 Å². The van der Waals surface area contributed by atoms with Crippen LogP contribution >= 0.6 is 0 Å². The molecule has 41 heavy (non-hydrogen) atoms. The van der Waals surface area contributed by atoms with Crippen LogP contribution in [-0.2, 0) is 0 Å².